The Morgan fingerprint density at radius 1 is 0.946 bits per heavy atom. The number of carbonyl (C=O) groups is 3. The second-order valence-electron chi connectivity index (χ2n) is 16.4. The molecular weight excluding hydrogens is 713 g/mol. The molecule has 0 aromatic heterocycles. The summed E-state index contributed by atoms with van der Waals surface area (Å²) >= 11 is 0. The zero-order valence-corrected chi connectivity index (χ0v) is 33.3. The van der Waals surface area contributed by atoms with Gasteiger partial charge in [0.05, 0.1) is 23.6 Å². The number of unbranched alkanes of at least 4 members (excludes halogenated alkanes) is 4. The summed E-state index contributed by atoms with van der Waals surface area (Å²) in [5, 5.41) is 58.5. The van der Waals surface area contributed by atoms with Gasteiger partial charge in [0, 0.05) is 24.7 Å². The molecule has 6 atom stereocenters. The number of aromatic hydroxyl groups is 1. The number of primary amides is 1. The van der Waals surface area contributed by atoms with Crippen LogP contribution in [0, 0.1) is 11.8 Å². The molecule has 1 saturated heterocycles. The van der Waals surface area contributed by atoms with Gasteiger partial charge in [0.25, 0.3) is 5.91 Å². The van der Waals surface area contributed by atoms with E-state index in [0.717, 1.165) is 83.0 Å². The summed E-state index contributed by atoms with van der Waals surface area (Å²) in [6.07, 6.45) is 12.9. The van der Waals surface area contributed by atoms with Crippen LogP contribution in [0.2, 0.25) is 0 Å². The Labute approximate surface area is 329 Å². The van der Waals surface area contributed by atoms with Crippen molar-refractivity contribution in [3.8, 4) is 5.75 Å². The Bertz CT molecular complexity index is 1970. The number of likely N-dealkylation sites (N-methyl/N-ethyl adjacent to an activating group) is 1. The van der Waals surface area contributed by atoms with Crippen LogP contribution in [0.5, 0.6) is 5.75 Å². The fourth-order valence-electron chi connectivity index (χ4n) is 9.89. The number of carbonyl (C=O) groups excluding carboxylic acids is 3. The highest BCUT2D eigenvalue weighted by atomic mass is 16.5. The first-order valence-electron chi connectivity index (χ1n) is 20.3. The van der Waals surface area contributed by atoms with Gasteiger partial charge in [-0.25, -0.2) is 0 Å². The van der Waals surface area contributed by atoms with Gasteiger partial charge < -0.3 is 36.0 Å². The third-order valence-electron chi connectivity index (χ3n) is 12.7. The van der Waals surface area contributed by atoms with Crippen molar-refractivity contribution >= 4 is 35.4 Å². The number of rotatable bonds is 13. The number of phenols is 1. The Kier molecular flexibility index (Phi) is 12.3. The van der Waals surface area contributed by atoms with E-state index < -0.39 is 75.6 Å². The summed E-state index contributed by atoms with van der Waals surface area (Å²) in [7, 11) is 2.98. The van der Waals surface area contributed by atoms with E-state index in [1.54, 1.807) is 13.0 Å². The number of aryl methyl sites for hydroxylation is 2. The highest BCUT2D eigenvalue weighted by molar-refractivity contribution is 6.24. The minimum atomic E-state index is -2.96. The molecule has 0 spiro atoms. The summed E-state index contributed by atoms with van der Waals surface area (Å²) in [6, 6.07) is 6.49. The molecular formula is C45H58N2O9. The second kappa shape index (κ2) is 16.7. The van der Waals surface area contributed by atoms with Gasteiger partial charge in [0.1, 0.15) is 22.8 Å². The number of nitrogens with zero attached hydrogens (tertiary/aromatic N) is 1. The van der Waals surface area contributed by atoms with Gasteiger partial charge >= 0.3 is 0 Å². The van der Waals surface area contributed by atoms with Crippen LogP contribution in [-0.2, 0) is 32.0 Å². The quantitative estimate of drug-likeness (QED) is 0.0797. The third kappa shape index (κ3) is 7.01. The highest BCUT2D eigenvalue weighted by Gasteiger charge is 2.68. The van der Waals surface area contributed by atoms with Gasteiger partial charge in [-0.1, -0.05) is 76.8 Å². The number of phenolic OH excluding ortho intramolecular Hbond substituents is 1. The van der Waals surface area contributed by atoms with Crippen molar-refractivity contribution in [2.45, 2.75) is 115 Å². The third-order valence-corrected chi connectivity index (χ3v) is 12.7. The van der Waals surface area contributed by atoms with Crippen molar-refractivity contribution in [2.75, 3.05) is 27.3 Å². The van der Waals surface area contributed by atoms with Crippen molar-refractivity contribution in [3.05, 3.63) is 80.1 Å². The minimum Gasteiger partial charge on any atom is -0.508 e. The van der Waals surface area contributed by atoms with Gasteiger partial charge in [-0.2, -0.15) is 0 Å². The maximum absolute atomic E-state index is 14.4. The largest absolute Gasteiger partial charge is 0.508 e. The van der Waals surface area contributed by atoms with Gasteiger partial charge in [0.2, 0.25) is 5.78 Å². The van der Waals surface area contributed by atoms with E-state index in [1.807, 2.05) is 6.08 Å². The first-order chi connectivity index (χ1) is 26.7. The van der Waals surface area contributed by atoms with Crippen LogP contribution in [0.3, 0.4) is 0 Å². The topological polar surface area (TPSA) is 191 Å². The monoisotopic (exact) mass is 770 g/mol. The van der Waals surface area contributed by atoms with Crippen LogP contribution in [-0.4, -0.2) is 93.0 Å². The van der Waals surface area contributed by atoms with Gasteiger partial charge in [-0.3, -0.25) is 19.3 Å². The molecule has 11 nitrogen and oxygen atoms in total. The van der Waals surface area contributed by atoms with E-state index in [2.05, 4.69) is 32.1 Å². The molecule has 1 amide bonds. The predicted molar refractivity (Wildman–Crippen MR) is 215 cm³/mol. The number of benzene rings is 2. The molecule has 1 aliphatic heterocycles. The lowest BCUT2D eigenvalue weighted by Crippen LogP contribution is -2.70. The number of aliphatic hydroxyl groups excluding tert-OH is 3. The average Bonchev–Trinajstić information content (AvgIpc) is 3.16. The normalized spacial score (nSPS) is 26.9. The Hall–Kier alpha value is -4.29. The number of amides is 1. The van der Waals surface area contributed by atoms with Crippen molar-refractivity contribution in [1.29, 1.82) is 0 Å². The predicted octanol–water partition coefficient (Wildman–Crippen LogP) is 6.03. The maximum Gasteiger partial charge on any atom is 0.255 e. The number of hydrogen-bond donors (Lipinski definition) is 6. The zero-order valence-electron chi connectivity index (χ0n) is 33.3. The molecule has 302 valence electrons. The van der Waals surface area contributed by atoms with Crippen molar-refractivity contribution in [2.24, 2.45) is 17.6 Å². The number of nitrogens with two attached hydrogens (primary N) is 1. The van der Waals surface area contributed by atoms with Crippen molar-refractivity contribution in [3.63, 3.8) is 0 Å². The fourth-order valence-corrected chi connectivity index (χ4v) is 9.89. The SMILES string of the molecule is CCCCCc1cc(C2CCOCC2)c(CCCCC)cc1C=Cc1ccc(O)c2c1C(C)[C@@H]1C(=C2O)C(=O)[C@]2(O)C(O)=C(C(N)=O)C(=O)[C@@H](N(C)C)[C@@H]2[C@H]1O. The first-order valence-corrected chi connectivity index (χ1v) is 20.3. The molecule has 4 aliphatic rings. The highest BCUT2D eigenvalue weighted by Crippen LogP contribution is 2.56. The van der Waals surface area contributed by atoms with E-state index in [-0.39, 0.29) is 11.3 Å². The average molecular weight is 771 g/mol. The lowest BCUT2D eigenvalue weighted by Gasteiger charge is -2.53. The number of Topliss-reactive ketones (excluding diaryl/α,β-unsaturated/α-hetero) is 2. The first kappa shape index (κ1) is 41.3. The van der Waals surface area contributed by atoms with Crippen LogP contribution < -0.4 is 5.73 Å². The van der Waals surface area contributed by atoms with Crippen LogP contribution >= 0.6 is 0 Å². The molecule has 7 N–H and O–H groups in total. The molecule has 6 rings (SSSR count). The van der Waals surface area contributed by atoms with E-state index >= 15 is 0 Å². The number of fused-ring (bicyclic) bond motifs is 3. The summed E-state index contributed by atoms with van der Waals surface area (Å²) < 4.78 is 5.72. The summed E-state index contributed by atoms with van der Waals surface area (Å²) in [6.45, 7) is 7.69. The van der Waals surface area contributed by atoms with Crippen molar-refractivity contribution in [1.82, 2.24) is 4.90 Å². The van der Waals surface area contributed by atoms with E-state index in [0.29, 0.717) is 17.0 Å². The van der Waals surface area contributed by atoms with Crippen LogP contribution in [0.1, 0.15) is 123 Å². The molecule has 11 heteroatoms. The van der Waals surface area contributed by atoms with Crippen LogP contribution in [0.4, 0.5) is 0 Å². The minimum absolute atomic E-state index is 0.0265. The van der Waals surface area contributed by atoms with Gasteiger partial charge in [0.15, 0.2) is 11.4 Å². The number of ketones is 2. The summed E-state index contributed by atoms with van der Waals surface area (Å²) in [5.41, 5.74) is 7.37. The molecule has 1 heterocycles. The van der Waals surface area contributed by atoms with E-state index in [9.17, 15) is 39.9 Å². The van der Waals surface area contributed by atoms with E-state index in [1.165, 1.54) is 41.8 Å². The van der Waals surface area contributed by atoms with E-state index in [4.69, 9.17) is 10.5 Å². The van der Waals surface area contributed by atoms with Crippen molar-refractivity contribution < 1.29 is 44.7 Å². The molecule has 56 heavy (non-hydrogen) atoms. The number of aliphatic hydroxyl groups is 4. The number of ether oxygens (including phenoxy) is 1. The molecule has 2 aromatic rings. The molecule has 1 saturated carbocycles. The molecule has 3 aliphatic carbocycles. The van der Waals surface area contributed by atoms with Gasteiger partial charge in [-0.05, 0) is 104 Å². The standard InChI is InChI=1S/C45H58N2O9/c1-6-8-10-12-27-23-30(25-18-20-56-21-19-25)29(13-11-9-7-2)22-28(27)15-14-26-16-17-31(48)34-32(26)24(3)33-35(39(34)49)42(52)45(55)37(40(33)50)38(47(4)5)41(51)36(43(45)53)44(46)54/h14-17,22-25,33,37-38,40,48-50,53,55H,6-13,18-21H2,1-5H3,(H2,46,54)/t24?,33-,37-,38+,40+,45+/m1/s1. The molecule has 2 aromatic carbocycles. The molecule has 2 fully saturated rings. The Morgan fingerprint density at radius 3 is 2.18 bits per heavy atom. The van der Waals surface area contributed by atoms with Gasteiger partial charge in [-0.15, -0.1) is 0 Å². The lowest BCUT2D eigenvalue weighted by molar-refractivity contribution is -0.169. The fraction of sp³-hybridized carbons (Fsp3) is 0.533. The Balaban J connectivity index is 1.49. The van der Waals surface area contributed by atoms with Crippen LogP contribution in [0.15, 0.2) is 41.2 Å². The molecule has 0 bridgehead atoms. The molecule has 0 radical (unpaired) electrons. The smallest absolute Gasteiger partial charge is 0.255 e. The maximum atomic E-state index is 14.4. The molecule has 1 unspecified atom stereocenters. The summed E-state index contributed by atoms with van der Waals surface area (Å²) in [5.74, 6) is -8.73. The Morgan fingerprint density at radius 2 is 1.57 bits per heavy atom. The second-order valence-corrected chi connectivity index (χ2v) is 16.4. The zero-order chi connectivity index (χ0) is 40.6. The van der Waals surface area contributed by atoms with Crippen LogP contribution in [0.25, 0.3) is 17.9 Å². The number of hydrogen-bond acceptors (Lipinski definition) is 10. The lowest BCUT2D eigenvalue weighted by atomic mass is 9.54. The summed E-state index contributed by atoms with van der Waals surface area (Å²) in [4.78, 5) is 41.8.